The van der Waals surface area contributed by atoms with Gasteiger partial charge in [0.1, 0.15) is 0 Å². The number of thioether (sulfide) groups is 1. The van der Waals surface area contributed by atoms with Gasteiger partial charge >= 0.3 is 5.97 Å². The van der Waals surface area contributed by atoms with Crippen molar-refractivity contribution in [3.63, 3.8) is 0 Å². The van der Waals surface area contributed by atoms with E-state index in [-0.39, 0.29) is 24.0 Å². The Balaban J connectivity index is 2.02. The molecule has 5 nitrogen and oxygen atoms in total. The zero-order chi connectivity index (χ0) is 14.1. The van der Waals surface area contributed by atoms with E-state index in [1.54, 1.807) is 17.6 Å². The SMILES string of the molecule is CCOC(=O)CC1CSc2nc3ccccc3c(=O)n21. The minimum absolute atomic E-state index is 0.0788. The molecule has 20 heavy (non-hydrogen) atoms. The molecule has 6 heteroatoms. The van der Waals surface area contributed by atoms with E-state index in [0.29, 0.717) is 28.4 Å². The summed E-state index contributed by atoms with van der Waals surface area (Å²) in [7, 11) is 0. The molecule has 0 bridgehead atoms. The molecule has 0 aliphatic carbocycles. The van der Waals surface area contributed by atoms with Crippen LogP contribution in [0.1, 0.15) is 19.4 Å². The highest BCUT2D eigenvalue weighted by atomic mass is 32.2. The average molecular weight is 290 g/mol. The van der Waals surface area contributed by atoms with Crippen LogP contribution in [0.25, 0.3) is 10.9 Å². The van der Waals surface area contributed by atoms with Crippen LogP contribution in [0.4, 0.5) is 0 Å². The summed E-state index contributed by atoms with van der Waals surface area (Å²) in [6, 6.07) is 7.11. The van der Waals surface area contributed by atoms with Gasteiger partial charge < -0.3 is 4.74 Å². The molecule has 1 aromatic carbocycles. The Kier molecular flexibility index (Phi) is 3.48. The first-order valence-corrected chi connectivity index (χ1v) is 7.49. The van der Waals surface area contributed by atoms with E-state index in [1.807, 2.05) is 18.2 Å². The molecule has 1 unspecified atom stereocenters. The Morgan fingerprint density at radius 3 is 3.10 bits per heavy atom. The van der Waals surface area contributed by atoms with E-state index >= 15 is 0 Å². The van der Waals surface area contributed by atoms with Crippen LogP contribution in [0.3, 0.4) is 0 Å². The molecule has 104 valence electrons. The lowest BCUT2D eigenvalue weighted by Crippen LogP contribution is -2.26. The van der Waals surface area contributed by atoms with Gasteiger partial charge in [0.15, 0.2) is 5.16 Å². The van der Waals surface area contributed by atoms with Gasteiger partial charge in [-0.15, -0.1) is 0 Å². The third-order valence-electron chi connectivity index (χ3n) is 3.25. The van der Waals surface area contributed by atoms with Gasteiger partial charge in [-0.25, -0.2) is 4.98 Å². The normalized spacial score (nSPS) is 17.1. The molecule has 1 aliphatic rings. The Hall–Kier alpha value is -1.82. The molecule has 1 atom stereocenters. The molecule has 1 aliphatic heterocycles. The summed E-state index contributed by atoms with van der Waals surface area (Å²) in [4.78, 5) is 28.6. The fourth-order valence-corrected chi connectivity index (χ4v) is 3.50. The maximum absolute atomic E-state index is 12.5. The molecular weight excluding hydrogens is 276 g/mol. The predicted molar refractivity (Wildman–Crippen MR) is 77.0 cm³/mol. The number of carbonyl (C=O) groups excluding carboxylic acids is 1. The molecule has 2 aromatic rings. The van der Waals surface area contributed by atoms with Crippen LogP contribution >= 0.6 is 11.8 Å². The van der Waals surface area contributed by atoms with Crippen LogP contribution in [0, 0.1) is 0 Å². The van der Waals surface area contributed by atoms with Gasteiger partial charge in [-0.2, -0.15) is 0 Å². The van der Waals surface area contributed by atoms with Crippen LogP contribution in [0.15, 0.2) is 34.2 Å². The minimum atomic E-state index is -0.272. The largest absolute Gasteiger partial charge is 0.466 e. The molecule has 0 saturated heterocycles. The molecule has 0 radical (unpaired) electrons. The highest BCUT2D eigenvalue weighted by Gasteiger charge is 2.28. The minimum Gasteiger partial charge on any atom is -0.466 e. The summed E-state index contributed by atoms with van der Waals surface area (Å²) in [6.07, 6.45) is 0.216. The number of nitrogens with zero attached hydrogens (tertiary/aromatic N) is 2. The number of carbonyl (C=O) groups is 1. The van der Waals surface area contributed by atoms with Gasteiger partial charge in [-0.3, -0.25) is 14.2 Å². The van der Waals surface area contributed by atoms with Crippen molar-refractivity contribution in [2.75, 3.05) is 12.4 Å². The summed E-state index contributed by atoms with van der Waals surface area (Å²) >= 11 is 1.51. The van der Waals surface area contributed by atoms with Crippen molar-refractivity contribution in [3.8, 4) is 0 Å². The topological polar surface area (TPSA) is 61.2 Å². The highest BCUT2D eigenvalue weighted by molar-refractivity contribution is 7.99. The van der Waals surface area contributed by atoms with Crippen LogP contribution < -0.4 is 5.56 Å². The van der Waals surface area contributed by atoms with Crippen molar-refractivity contribution in [1.82, 2.24) is 9.55 Å². The number of hydrogen-bond donors (Lipinski definition) is 0. The van der Waals surface area contributed by atoms with Gasteiger partial charge in [-0.1, -0.05) is 23.9 Å². The van der Waals surface area contributed by atoms with E-state index in [4.69, 9.17) is 4.74 Å². The number of hydrogen-bond acceptors (Lipinski definition) is 5. The first-order valence-electron chi connectivity index (χ1n) is 6.50. The van der Waals surface area contributed by atoms with E-state index in [0.717, 1.165) is 0 Å². The fourth-order valence-electron chi connectivity index (χ4n) is 2.36. The number of rotatable bonds is 3. The third-order valence-corrected chi connectivity index (χ3v) is 4.35. The first kappa shape index (κ1) is 13.2. The lowest BCUT2D eigenvalue weighted by atomic mass is 10.2. The quantitative estimate of drug-likeness (QED) is 0.639. The van der Waals surface area contributed by atoms with Crippen molar-refractivity contribution in [2.45, 2.75) is 24.5 Å². The highest BCUT2D eigenvalue weighted by Crippen LogP contribution is 2.33. The second-order valence-electron chi connectivity index (χ2n) is 4.56. The number of esters is 1. The molecule has 3 rings (SSSR count). The van der Waals surface area contributed by atoms with Gasteiger partial charge in [-0.05, 0) is 19.1 Å². The third kappa shape index (κ3) is 2.20. The summed E-state index contributed by atoms with van der Waals surface area (Å²) in [5.74, 6) is 0.406. The second kappa shape index (κ2) is 5.28. The Bertz CT molecular complexity index is 726. The zero-order valence-corrected chi connectivity index (χ0v) is 11.9. The van der Waals surface area contributed by atoms with Crippen molar-refractivity contribution in [1.29, 1.82) is 0 Å². The molecular formula is C14H14N2O3S. The molecule has 0 fully saturated rings. The molecule has 1 aromatic heterocycles. The average Bonchev–Trinajstić information content (AvgIpc) is 2.82. The lowest BCUT2D eigenvalue weighted by molar-refractivity contribution is -0.143. The van der Waals surface area contributed by atoms with Gasteiger partial charge in [0.05, 0.1) is 30.0 Å². The van der Waals surface area contributed by atoms with Crippen molar-refractivity contribution in [2.24, 2.45) is 0 Å². The maximum Gasteiger partial charge on any atom is 0.307 e. The Labute approximate surface area is 120 Å². The van der Waals surface area contributed by atoms with E-state index in [1.165, 1.54) is 11.8 Å². The smallest absolute Gasteiger partial charge is 0.307 e. The van der Waals surface area contributed by atoms with Crippen molar-refractivity contribution < 1.29 is 9.53 Å². The van der Waals surface area contributed by atoms with Gasteiger partial charge in [0, 0.05) is 5.75 Å². The van der Waals surface area contributed by atoms with Crippen LogP contribution in [0.5, 0.6) is 0 Å². The summed E-state index contributed by atoms with van der Waals surface area (Å²) in [5, 5.41) is 1.27. The molecule has 0 saturated carbocycles. The molecule has 2 heterocycles. The van der Waals surface area contributed by atoms with E-state index in [9.17, 15) is 9.59 Å². The number of benzene rings is 1. The van der Waals surface area contributed by atoms with E-state index in [2.05, 4.69) is 4.98 Å². The first-order chi connectivity index (χ1) is 9.70. The molecule has 0 N–H and O–H groups in total. The Morgan fingerprint density at radius 1 is 1.50 bits per heavy atom. The van der Waals surface area contributed by atoms with Gasteiger partial charge in [0.2, 0.25) is 0 Å². The predicted octanol–water partition coefficient (Wildman–Crippen LogP) is 2.00. The van der Waals surface area contributed by atoms with Crippen molar-refractivity contribution >= 4 is 28.6 Å². The summed E-state index contributed by atoms with van der Waals surface area (Å²) in [5.41, 5.74) is 0.623. The van der Waals surface area contributed by atoms with E-state index < -0.39 is 0 Å². The van der Waals surface area contributed by atoms with Gasteiger partial charge in [0.25, 0.3) is 5.56 Å². The lowest BCUT2D eigenvalue weighted by Gasteiger charge is -2.12. The van der Waals surface area contributed by atoms with Crippen LogP contribution in [0.2, 0.25) is 0 Å². The second-order valence-corrected chi connectivity index (χ2v) is 5.55. The summed E-state index contributed by atoms with van der Waals surface area (Å²) < 4.78 is 6.59. The summed E-state index contributed by atoms with van der Waals surface area (Å²) in [6.45, 7) is 2.13. The molecule has 0 spiro atoms. The monoisotopic (exact) mass is 290 g/mol. The number of ether oxygens (including phenoxy) is 1. The number of aromatic nitrogens is 2. The fraction of sp³-hybridized carbons (Fsp3) is 0.357. The maximum atomic E-state index is 12.5. The number of para-hydroxylation sites is 1. The zero-order valence-electron chi connectivity index (χ0n) is 11.0. The van der Waals surface area contributed by atoms with Crippen LogP contribution in [-0.4, -0.2) is 27.9 Å². The van der Waals surface area contributed by atoms with Crippen LogP contribution in [-0.2, 0) is 9.53 Å². The Morgan fingerprint density at radius 2 is 2.30 bits per heavy atom. The number of fused-ring (bicyclic) bond motifs is 2. The molecule has 0 amide bonds. The standard InChI is InChI=1S/C14H14N2O3S/c1-2-19-12(17)7-9-8-20-14-15-11-6-4-3-5-10(11)13(18)16(9)14/h3-6,9H,2,7-8H2,1H3. The van der Waals surface area contributed by atoms with Crippen molar-refractivity contribution in [3.05, 3.63) is 34.6 Å².